The highest BCUT2D eigenvalue weighted by Crippen LogP contribution is 2.29. The van der Waals surface area contributed by atoms with Crippen LogP contribution in [0.1, 0.15) is 18.4 Å². The second-order valence-corrected chi connectivity index (χ2v) is 7.81. The fourth-order valence-electron chi connectivity index (χ4n) is 2.92. The van der Waals surface area contributed by atoms with Gasteiger partial charge in [0.2, 0.25) is 5.91 Å². The van der Waals surface area contributed by atoms with E-state index in [9.17, 15) is 4.79 Å². The zero-order valence-electron chi connectivity index (χ0n) is 15.4. The number of nitrogens with zero attached hydrogens (tertiary/aromatic N) is 2. The van der Waals surface area contributed by atoms with Gasteiger partial charge >= 0.3 is 0 Å². The highest BCUT2D eigenvalue weighted by atomic mass is 32.1. The number of quaternary nitrogens is 1. The van der Waals surface area contributed by atoms with Gasteiger partial charge in [0, 0.05) is 19.4 Å². The molecule has 0 atom stereocenters. The molecular formula is C21H26N3OS+. The molecule has 3 aromatic rings. The quantitative estimate of drug-likeness (QED) is 0.664. The Bertz CT molecular complexity index is 812. The van der Waals surface area contributed by atoms with Gasteiger partial charge in [-0.1, -0.05) is 53.8 Å². The summed E-state index contributed by atoms with van der Waals surface area (Å²) in [4.78, 5) is 20.9. The van der Waals surface area contributed by atoms with E-state index in [1.165, 1.54) is 10.5 Å². The van der Waals surface area contributed by atoms with Crippen molar-refractivity contribution in [1.29, 1.82) is 0 Å². The highest BCUT2D eigenvalue weighted by Gasteiger charge is 2.19. The third-order valence-corrected chi connectivity index (χ3v) is 5.40. The molecule has 4 nitrogen and oxygen atoms in total. The van der Waals surface area contributed by atoms with Crippen LogP contribution in [-0.2, 0) is 11.2 Å². The number of fused-ring (bicyclic) bond motifs is 1. The Morgan fingerprint density at radius 1 is 1.08 bits per heavy atom. The zero-order chi connectivity index (χ0) is 18.4. The summed E-state index contributed by atoms with van der Waals surface area (Å²) >= 11 is 1.60. The van der Waals surface area contributed by atoms with Crippen molar-refractivity contribution < 1.29 is 9.69 Å². The van der Waals surface area contributed by atoms with Crippen molar-refractivity contribution >= 4 is 32.6 Å². The van der Waals surface area contributed by atoms with Gasteiger partial charge in [0.15, 0.2) is 5.13 Å². The van der Waals surface area contributed by atoms with E-state index in [0.717, 1.165) is 41.3 Å². The molecule has 0 radical (unpaired) electrons. The summed E-state index contributed by atoms with van der Waals surface area (Å²) in [5.41, 5.74) is 2.16. The first kappa shape index (κ1) is 18.5. The summed E-state index contributed by atoms with van der Waals surface area (Å²) in [5, 5.41) is 0.818. The van der Waals surface area contributed by atoms with E-state index in [1.807, 2.05) is 41.3 Å². The summed E-state index contributed by atoms with van der Waals surface area (Å²) < 4.78 is 1.13. The van der Waals surface area contributed by atoms with Crippen LogP contribution in [-0.4, -0.2) is 38.1 Å². The minimum Gasteiger partial charge on any atom is -0.340 e. The van der Waals surface area contributed by atoms with Crippen LogP contribution >= 0.6 is 11.3 Å². The molecule has 0 fully saturated rings. The Balaban J connectivity index is 1.74. The van der Waals surface area contributed by atoms with Crippen LogP contribution in [0.15, 0.2) is 54.6 Å². The van der Waals surface area contributed by atoms with Crippen molar-refractivity contribution in [3.05, 3.63) is 60.2 Å². The number of carbonyl (C=O) groups is 1. The molecule has 1 N–H and O–H groups in total. The number of carbonyl (C=O) groups excluding carboxylic acids is 1. The molecule has 1 heterocycles. The van der Waals surface area contributed by atoms with E-state index >= 15 is 0 Å². The smallest absolute Gasteiger partial charge is 0.229 e. The molecule has 26 heavy (non-hydrogen) atoms. The van der Waals surface area contributed by atoms with Gasteiger partial charge in [-0.3, -0.25) is 9.69 Å². The topological polar surface area (TPSA) is 37.6 Å². The number of aryl methyl sites for hydroxylation is 1. The number of thiazole rings is 1. The second-order valence-electron chi connectivity index (χ2n) is 6.81. The van der Waals surface area contributed by atoms with Crippen molar-refractivity contribution in [2.45, 2.75) is 19.3 Å². The monoisotopic (exact) mass is 368 g/mol. The minimum absolute atomic E-state index is 0.154. The molecule has 136 valence electrons. The van der Waals surface area contributed by atoms with Crippen molar-refractivity contribution in [1.82, 2.24) is 4.98 Å². The van der Waals surface area contributed by atoms with Gasteiger partial charge < -0.3 is 4.90 Å². The van der Waals surface area contributed by atoms with Gasteiger partial charge in [-0.15, -0.1) is 0 Å². The van der Waals surface area contributed by atoms with Crippen molar-refractivity contribution in [2.24, 2.45) is 0 Å². The van der Waals surface area contributed by atoms with Gasteiger partial charge in [-0.2, -0.15) is 0 Å². The van der Waals surface area contributed by atoms with E-state index < -0.39 is 0 Å². The maximum atomic E-state index is 13.0. The molecule has 1 aromatic heterocycles. The molecule has 0 bridgehead atoms. The number of benzene rings is 2. The highest BCUT2D eigenvalue weighted by molar-refractivity contribution is 7.22. The number of rotatable bonds is 8. The summed E-state index contributed by atoms with van der Waals surface area (Å²) in [6.45, 7) is 1.76. The summed E-state index contributed by atoms with van der Waals surface area (Å²) in [6, 6.07) is 18.3. The lowest BCUT2D eigenvalue weighted by Gasteiger charge is -2.20. The Labute approximate surface area is 159 Å². The molecule has 0 saturated heterocycles. The first-order valence-electron chi connectivity index (χ1n) is 9.12. The Morgan fingerprint density at radius 2 is 1.81 bits per heavy atom. The fourth-order valence-corrected chi connectivity index (χ4v) is 3.93. The van der Waals surface area contributed by atoms with Gasteiger partial charge in [-0.25, -0.2) is 4.98 Å². The van der Waals surface area contributed by atoms with Gasteiger partial charge in [0.1, 0.15) is 0 Å². The lowest BCUT2D eigenvalue weighted by atomic mass is 10.1. The standard InChI is InChI=1S/C21H25N3OS/c1-23(2)15-8-16-24(20(25)14-13-17-9-4-3-5-10-17)21-22-18-11-6-7-12-19(18)26-21/h3-7,9-12H,8,13-16H2,1-2H3/p+1. The number of para-hydroxylation sites is 1. The zero-order valence-corrected chi connectivity index (χ0v) is 16.3. The number of nitrogens with one attached hydrogen (secondary N) is 1. The van der Waals surface area contributed by atoms with Crippen LogP contribution in [0.2, 0.25) is 0 Å². The third-order valence-electron chi connectivity index (χ3n) is 4.34. The molecule has 0 saturated carbocycles. The minimum atomic E-state index is 0.154. The molecule has 0 aliphatic carbocycles. The average molecular weight is 369 g/mol. The molecule has 0 aliphatic heterocycles. The maximum absolute atomic E-state index is 13.0. The molecule has 1 amide bonds. The summed E-state index contributed by atoms with van der Waals surface area (Å²) in [5.74, 6) is 0.154. The van der Waals surface area contributed by atoms with E-state index in [2.05, 4.69) is 32.3 Å². The molecular weight excluding hydrogens is 342 g/mol. The van der Waals surface area contributed by atoms with Crippen LogP contribution in [0.4, 0.5) is 5.13 Å². The number of amides is 1. The summed E-state index contributed by atoms with van der Waals surface area (Å²) in [7, 11) is 4.28. The van der Waals surface area contributed by atoms with E-state index in [-0.39, 0.29) is 5.91 Å². The molecule has 0 spiro atoms. The molecule has 5 heteroatoms. The SMILES string of the molecule is C[NH+](C)CCCN(C(=O)CCc1ccccc1)c1nc2ccccc2s1. The van der Waals surface area contributed by atoms with Crippen LogP contribution in [0.25, 0.3) is 10.2 Å². The Hall–Kier alpha value is -2.24. The average Bonchev–Trinajstić information content (AvgIpc) is 3.07. The second kappa shape index (κ2) is 8.92. The lowest BCUT2D eigenvalue weighted by Crippen LogP contribution is -3.05. The lowest BCUT2D eigenvalue weighted by molar-refractivity contribution is -0.858. The Morgan fingerprint density at radius 3 is 2.54 bits per heavy atom. The van der Waals surface area contributed by atoms with E-state index in [1.54, 1.807) is 11.3 Å². The van der Waals surface area contributed by atoms with Crippen molar-refractivity contribution in [3.8, 4) is 0 Å². The van der Waals surface area contributed by atoms with Gasteiger partial charge in [0.05, 0.1) is 30.9 Å². The predicted octanol–water partition coefficient (Wildman–Crippen LogP) is 2.80. The van der Waals surface area contributed by atoms with Crippen LogP contribution < -0.4 is 9.80 Å². The molecule has 2 aromatic carbocycles. The van der Waals surface area contributed by atoms with E-state index in [0.29, 0.717) is 6.42 Å². The predicted molar refractivity (Wildman–Crippen MR) is 109 cm³/mol. The maximum Gasteiger partial charge on any atom is 0.229 e. The van der Waals surface area contributed by atoms with Crippen LogP contribution in [0.5, 0.6) is 0 Å². The fraction of sp³-hybridized carbons (Fsp3) is 0.333. The molecule has 0 aliphatic rings. The first-order valence-corrected chi connectivity index (χ1v) is 9.94. The first-order chi connectivity index (χ1) is 12.6. The number of aromatic nitrogens is 1. The number of anilines is 1. The van der Waals surface area contributed by atoms with Gasteiger partial charge in [-0.05, 0) is 24.1 Å². The third kappa shape index (κ3) is 4.90. The molecule has 3 rings (SSSR count). The van der Waals surface area contributed by atoms with Crippen molar-refractivity contribution in [3.63, 3.8) is 0 Å². The van der Waals surface area contributed by atoms with Crippen LogP contribution in [0, 0.1) is 0 Å². The Kier molecular flexibility index (Phi) is 6.36. The van der Waals surface area contributed by atoms with Gasteiger partial charge in [0.25, 0.3) is 0 Å². The molecule has 0 unspecified atom stereocenters. The number of hydrogen-bond donors (Lipinski definition) is 1. The van der Waals surface area contributed by atoms with E-state index in [4.69, 9.17) is 4.98 Å². The largest absolute Gasteiger partial charge is 0.340 e. The summed E-state index contributed by atoms with van der Waals surface area (Å²) in [6.07, 6.45) is 2.24. The van der Waals surface area contributed by atoms with Crippen molar-refractivity contribution in [2.75, 3.05) is 32.1 Å². The normalized spacial score (nSPS) is 11.2. The van der Waals surface area contributed by atoms with Crippen LogP contribution in [0.3, 0.4) is 0 Å². The number of hydrogen-bond acceptors (Lipinski definition) is 3.